The molecule has 0 unspecified atom stereocenters. The van der Waals surface area contributed by atoms with E-state index >= 15 is 0 Å². The summed E-state index contributed by atoms with van der Waals surface area (Å²) < 4.78 is 5.64. The van der Waals surface area contributed by atoms with Gasteiger partial charge in [0.25, 0.3) is 5.91 Å². The zero-order chi connectivity index (χ0) is 16.8. The first-order valence-corrected chi connectivity index (χ1v) is 10.3. The summed E-state index contributed by atoms with van der Waals surface area (Å²) in [6.07, 6.45) is 3.66. The van der Waals surface area contributed by atoms with Crippen LogP contribution >= 0.6 is 11.8 Å². The topological polar surface area (TPSA) is 32.8 Å². The number of hydrogen-bond acceptors (Lipinski definition) is 4. The van der Waals surface area contributed by atoms with Crippen LogP contribution < -0.4 is 4.74 Å². The second kappa shape index (κ2) is 8.77. The van der Waals surface area contributed by atoms with E-state index in [1.807, 2.05) is 36.1 Å². The zero-order valence-electron chi connectivity index (χ0n) is 14.6. The van der Waals surface area contributed by atoms with Crippen molar-refractivity contribution in [3.63, 3.8) is 0 Å². The van der Waals surface area contributed by atoms with Crippen molar-refractivity contribution in [1.29, 1.82) is 0 Å². The van der Waals surface area contributed by atoms with Crippen LogP contribution in [-0.2, 0) is 0 Å². The molecule has 2 fully saturated rings. The molecule has 0 atom stereocenters. The van der Waals surface area contributed by atoms with E-state index in [9.17, 15) is 4.79 Å². The predicted octanol–water partition coefficient (Wildman–Crippen LogP) is 3.13. The summed E-state index contributed by atoms with van der Waals surface area (Å²) >= 11 is 2.07. The van der Waals surface area contributed by atoms with Gasteiger partial charge in [-0.25, -0.2) is 0 Å². The van der Waals surface area contributed by atoms with Gasteiger partial charge < -0.3 is 9.64 Å². The van der Waals surface area contributed by atoms with E-state index in [0.717, 1.165) is 38.6 Å². The number of hydrogen-bond donors (Lipinski definition) is 0. The number of ether oxygens (including phenoxy) is 1. The molecule has 132 valence electrons. The Morgan fingerprint density at radius 1 is 1.17 bits per heavy atom. The Kier molecular flexibility index (Phi) is 6.44. The summed E-state index contributed by atoms with van der Waals surface area (Å²) in [4.78, 5) is 17.6. The van der Waals surface area contributed by atoms with E-state index in [2.05, 4.69) is 16.7 Å². The molecule has 2 aliphatic heterocycles. The number of carbonyl (C=O) groups excluding carboxylic acids is 1. The largest absolute Gasteiger partial charge is 0.493 e. The molecule has 5 heteroatoms. The van der Waals surface area contributed by atoms with Crippen LogP contribution in [0.2, 0.25) is 0 Å². The lowest BCUT2D eigenvalue weighted by molar-refractivity contribution is 0.0753. The molecular formula is C19H28N2O2S. The lowest BCUT2D eigenvalue weighted by Gasteiger charge is -2.33. The number of thioether (sulfide) groups is 1. The van der Waals surface area contributed by atoms with Gasteiger partial charge in [-0.15, -0.1) is 0 Å². The highest BCUT2D eigenvalue weighted by atomic mass is 32.2. The molecule has 2 aliphatic rings. The van der Waals surface area contributed by atoms with Crippen LogP contribution in [0.15, 0.2) is 24.3 Å². The molecule has 3 rings (SSSR count). The van der Waals surface area contributed by atoms with Crippen molar-refractivity contribution in [3.05, 3.63) is 29.8 Å². The maximum Gasteiger partial charge on any atom is 0.257 e. The molecule has 2 saturated heterocycles. The van der Waals surface area contributed by atoms with Crippen molar-refractivity contribution >= 4 is 17.7 Å². The Morgan fingerprint density at radius 2 is 1.96 bits per heavy atom. The summed E-state index contributed by atoms with van der Waals surface area (Å²) in [6.45, 7) is 6.32. The SMILES string of the molecule is CCOc1ccccc1C(=O)N1CCCN(C2CCSCC2)CC1. The average molecular weight is 349 g/mol. The van der Waals surface area contributed by atoms with E-state index in [1.54, 1.807) is 0 Å². The molecule has 1 amide bonds. The summed E-state index contributed by atoms with van der Waals surface area (Å²) in [5, 5.41) is 0. The molecule has 0 aliphatic carbocycles. The minimum atomic E-state index is 0.111. The van der Waals surface area contributed by atoms with Crippen molar-refractivity contribution in [3.8, 4) is 5.75 Å². The predicted molar refractivity (Wildman–Crippen MR) is 100 cm³/mol. The maximum absolute atomic E-state index is 13.0. The maximum atomic E-state index is 13.0. The van der Waals surface area contributed by atoms with E-state index < -0.39 is 0 Å². The number of carbonyl (C=O) groups is 1. The second-order valence-electron chi connectivity index (χ2n) is 6.45. The van der Waals surface area contributed by atoms with E-state index in [1.165, 1.54) is 24.3 Å². The Balaban J connectivity index is 1.64. The first-order valence-electron chi connectivity index (χ1n) is 9.12. The molecule has 0 aromatic heterocycles. The number of rotatable bonds is 4. The number of amides is 1. The van der Waals surface area contributed by atoms with Crippen LogP contribution in [0.5, 0.6) is 5.75 Å². The molecule has 0 N–H and O–H groups in total. The highest BCUT2D eigenvalue weighted by molar-refractivity contribution is 7.99. The Bertz CT molecular complexity index is 546. The third-order valence-corrected chi connectivity index (χ3v) is 5.99. The lowest BCUT2D eigenvalue weighted by Crippen LogP contribution is -2.41. The van der Waals surface area contributed by atoms with Gasteiger partial charge >= 0.3 is 0 Å². The van der Waals surface area contributed by atoms with Crippen LogP contribution in [0.1, 0.15) is 36.5 Å². The molecular weight excluding hydrogens is 320 g/mol. The van der Waals surface area contributed by atoms with E-state index in [4.69, 9.17) is 4.74 Å². The molecule has 4 nitrogen and oxygen atoms in total. The van der Waals surface area contributed by atoms with Gasteiger partial charge in [0.15, 0.2) is 0 Å². The van der Waals surface area contributed by atoms with Crippen molar-refractivity contribution in [1.82, 2.24) is 9.80 Å². The number of nitrogens with zero attached hydrogens (tertiary/aromatic N) is 2. The van der Waals surface area contributed by atoms with Crippen LogP contribution in [0.4, 0.5) is 0 Å². The number of benzene rings is 1. The summed E-state index contributed by atoms with van der Waals surface area (Å²) in [7, 11) is 0. The van der Waals surface area contributed by atoms with Crippen molar-refractivity contribution in [2.45, 2.75) is 32.2 Å². The lowest BCUT2D eigenvalue weighted by atomic mass is 10.1. The Hall–Kier alpha value is -1.20. The Morgan fingerprint density at radius 3 is 2.75 bits per heavy atom. The van der Waals surface area contributed by atoms with Crippen LogP contribution in [-0.4, -0.2) is 66.0 Å². The van der Waals surface area contributed by atoms with Gasteiger partial charge in [0.1, 0.15) is 5.75 Å². The monoisotopic (exact) mass is 348 g/mol. The third kappa shape index (κ3) is 4.25. The van der Waals surface area contributed by atoms with Gasteiger partial charge in [-0.3, -0.25) is 9.69 Å². The second-order valence-corrected chi connectivity index (χ2v) is 7.68. The summed E-state index contributed by atoms with van der Waals surface area (Å²) in [5.74, 6) is 3.38. The normalized spacial score (nSPS) is 20.6. The molecule has 1 aromatic rings. The van der Waals surface area contributed by atoms with Gasteiger partial charge in [0, 0.05) is 32.2 Å². The Labute approximate surface area is 149 Å². The van der Waals surface area contributed by atoms with Crippen molar-refractivity contribution in [2.75, 3.05) is 44.3 Å². The molecule has 2 heterocycles. The minimum absolute atomic E-state index is 0.111. The molecule has 0 spiro atoms. The van der Waals surface area contributed by atoms with Crippen LogP contribution in [0, 0.1) is 0 Å². The quantitative estimate of drug-likeness (QED) is 0.837. The van der Waals surface area contributed by atoms with Gasteiger partial charge in [-0.1, -0.05) is 12.1 Å². The average Bonchev–Trinajstić information content (AvgIpc) is 2.89. The van der Waals surface area contributed by atoms with Gasteiger partial charge in [0.05, 0.1) is 12.2 Å². The van der Waals surface area contributed by atoms with E-state index in [0.29, 0.717) is 17.9 Å². The molecule has 0 bridgehead atoms. The van der Waals surface area contributed by atoms with Crippen molar-refractivity contribution < 1.29 is 9.53 Å². The first kappa shape index (κ1) is 17.6. The number of para-hydroxylation sites is 1. The van der Waals surface area contributed by atoms with Crippen LogP contribution in [0.3, 0.4) is 0 Å². The summed E-state index contributed by atoms with van der Waals surface area (Å²) in [5.41, 5.74) is 0.696. The fourth-order valence-corrected chi connectivity index (χ4v) is 4.73. The van der Waals surface area contributed by atoms with Crippen molar-refractivity contribution in [2.24, 2.45) is 0 Å². The third-order valence-electron chi connectivity index (χ3n) is 4.94. The highest BCUT2D eigenvalue weighted by Crippen LogP contribution is 2.24. The molecule has 24 heavy (non-hydrogen) atoms. The minimum Gasteiger partial charge on any atom is -0.493 e. The van der Waals surface area contributed by atoms with Gasteiger partial charge in [-0.05, 0) is 49.8 Å². The van der Waals surface area contributed by atoms with E-state index in [-0.39, 0.29) is 5.91 Å². The summed E-state index contributed by atoms with van der Waals surface area (Å²) in [6, 6.07) is 8.33. The molecule has 0 saturated carbocycles. The smallest absolute Gasteiger partial charge is 0.257 e. The molecule has 0 radical (unpaired) electrons. The van der Waals surface area contributed by atoms with Gasteiger partial charge in [0.2, 0.25) is 0 Å². The first-order chi connectivity index (χ1) is 11.8. The fraction of sp³-hybridized carbons (Fsp3) is 0.632. The standard InChI is InChI=1S/C19H28N2O2S/c1-2-23-18-7-4-3-6-17(18)19(22)21-11-5-10-20(12-13-21)16-8-14-24-15-9-16/h3-4,6-7,16H,2,5,8-15H2,1H3. The fourth-order valence-electron chi connectivity index (χ4n) is 3.65. The van der Waals surface area contributed by atoms with Gasteiger partial charge in [-0.2, -0.15) is 11.8 Å². The highest BCUT2D eigenvalue weighted by Gasteiger charge is 2.26. The van der Waals surface area contributed by atoms with Crippen LogP contribution in [0.25, 0.3) is 0 Å². The molecule has 1 aromatic carbocycles. The zero-order valence-corrected chi connectivity index (χ0v) is 15.4.